The van der Waals surface area contributed by atoms with E-state index in [1.165, 1.54) is 4.90 Å². The number of carbonyl (C=O) groups excluding carboxylic acids is 3. The molecule has 30 heavy (non-hydrogen) atoms. The molecule has 0 bridgehead atoms. The minimum Gasteiger partial charge on any atom is -0.346 e. The van der Waals surface area contributed by atoms with Gasteiger partial charge in [0.15, 0.2) is 0 Å². The molecule has 0 spiro atoms. The predicted octanol–water partition coefficient (Wildman–Crippen LogP) is 2.97. The summed E-state index contributed by atoms with van der Waals surface area (Å²) in [6, 6.07) is 14.8. The van der Waals surface area contributed by atoms with E-state index in [-0.39, 0.29) is 37.1 Å². The zero-order chi connectivity index (χ0) is 21.6. The molecule has 2 heterocycles. The van der Waals surface area contributed by atoms with Crippen molar-refractivity contribution >= 4 is 17.7 Å². The molecule has 1 aliphatic rings. The Bertz CT molecular complexity index is 885. The fourth-order valence-corrected chi connectivity index (χ4v) is 3.94. The van der Waals surface area contributed by atoms with E-state index in [0.717, 1.165) is 24.1 Å². The lowest BCUT2D eigenvalue weighted by Gasteiger charge is -2.29. The number of carbonyl (C=O) groups is 3. The molecule has 1 aliphatic heterocycles. The Morgan fingerprint density at radius 3 is 2.53 bits per heavy atom. The third kappa shape index (κ3) is 4.58. The number of aromatic nitrogens is 1. The van der Waals surface area contributed by atoms with Gasteiger partial charge in [-0.2, -0.15) is 0 Å². The smallest absolute Gasteiger partial charge is 0.240 e. The maximum atomic E-state index is 13.5. The fourth-order valence-electron chi connectivity index (χ4n) is 3.94. The lowest BCUT2D eigenvalue weighted by atomic mass is 9.75. The van der Waals surface area contributed by atoms with Crippen molar-refractivity contribution in [1.29, 1.82) is 0 Å². The van der Waals surface area contributed by atoms with Crippen LogP contribution in [0.1, 0.15) is 43.9 Å². The molecule has 1 atom stereocenters. The molecule has 1 fully saturated rings. The topological polar surface area (TPSA) is 70.6 Å². The maximum absolute atomic E-state index is 13.5. The van der Waals surface area contributed by atoms with Crippen molar-refractivity contribution in [2.24, 2.45) is 0 Å². The Morgan fingerprint density at radius 1 is 1.13 bits per heavy atom. The molecule has 6 nitrogen and oxygen atoms in total. The van der Waals surface area contributed by atoms with Gasteiger partial charge >= 0.3 is 0 Å². The van der Waals surface area contributed by atoms with Crippen LogP contribution >= 0.6 is 0 Å². The summed E-state index contributed by atoms with van der Waals surface area (Å²) in [6.07, 6.45) is 4.10. The zero-order valence-corrected chi connectivity index (χ0v) is 17.7. The fraction of sp³-hybridized carbons (Fsp3) is 0.417. The molecule has 3 rings (SSSR count). The highest BCUT2D eigenvalue weighted by atomic mass is 16.2. The first kappa shape index (κ1) is 21.7. The summed E-state index contributed by atoms with van der Waals surface area (Å²) in [5, 5.41) is 0. The van der Waals surface area contributed by atoms with Crippen molar-refractivity contribution < 1.29 is 14.4 Å². The van der Waals surface area contributed by atoms with Gasteiger partial charge in [0.1, 0.15) is 0 Å². The maximum Gasteiger partial charge on any atom is 0.240 e. The van der Waals surface area contributed by atoms with Crippen LogP contribution in [0.25, 0.3) is 0 Å². The second-order valence-electron chi connectivity index (χ2n) is 7.89. The van der Waals surface area contributed by atoms with E-state index in [9.17, 15) is 14.4 Å². The second kappa shape index (κ2) is 9.65. The van der Waals surface area contributed by atoms with Gasteiger partial charge in [0.25, 0.3) is 0 Å². The van der Waals surface area contributed by atoms with E-state index in [2.05, 4.69) is 11.9 Å². The minimum atomic E-state index is -1.14. The average Bonchev–Trinajstić information content (AvgIpc) is 3.01. The highest BCUT2D eigenvalue weighted by Crippen LogP contribution is 2.40. The molecule has 1 unspecified atom stereocenters. The summed E-state index contributed by atoms with van der Waals surface area (Å²) in [4.78, 5) is 46.6. The Balaban J connectivity index is 1.84. The van der Waals surface area contributed by atoms with Crippen molar-refractivity contribution in [3.8, 4) is 0 Å². The number of rotatable bonds is 9. The van der Waals surface area contributed by atoms with Crippen LogP contribution in [0.3, 0.4) is 0 Å². The second-order valence-corrected chi connectivity index (χ2v) is 7.89. The first-order valence-corrected chi connectivity index (χ1v) is 10.5. The molecule has 2 aromatic rings. The van der Waals surface area contributed by atoms with Crippen molar-refractivity contribution in [3.05, 3.63) is 66.0 Å². The third-order valence-electron chi connectivity index (χ3n) is 5.78. The minimum absolute atomic E-state index is 0.00187. The number of hydrogen-bond acceptors (Lipinski definition) is 4. The Labute approximate surface area is 177 Å². The van der Waals surface area contributed by atoms with Crippen LogP contribution in [0, 0.1) is 0 Å². The van der Waals surface area contributed by atoms with E-state index in [1.807, 2.05) is 48.5 Å². The summed E-state index contributed by atoms with van der Waals surface area (Å²) in [6.45, 7) is 2.98. The number of likely N-dealkylation sites (tertiary alicyclic amines) is 1. The Morgan fingerprint density at radius 2 is 1.87 bits per heavy atom. The van der Waals surface area contributed by atoms with Crippen molar-refractivity contribution in [2.45, 2.75) is 44.4 Å². The highest BCUT2D eigenvalue weighted by molar-refractivity contribution is 6.10. The Hall–Kier alpha value is -3.02. The molecular formula is C24H29N3O3. The van der Waals surface area contributed by atoms with E-state index in [0.29, 0.717) is 13.0 Å². The van der Waals surface area contributed by atoms with E-state index in [1.54, 1.807) is 18.1 Å². The van der Waals surface area contributed by atoms with E-state index >= 15 is 0 Å². The number of hydrogen-bond donors (Lipinski definition) is 0. The number of amides is 3. The largest absolute Gasteiger partial charge is 0.346 e. The SMILES string of the molecule is CCCCN(C)C(=O)CC1(c2ccccc2)CC(=O)N(CCc2ccccn2)C1=O. The van der Waals surface area contributed by atoms with E-state index in [4.69, 9.17) is 0 Å². The number of benzene rings is 1. The number of nitrogens with zero attached hydrogens (tertiary/aromatic N) is 3. The summed E-state index contributed by atoms with van der Waals surface area (Å²) < 4.78 is 0. The van der Waals surface area contributed by atoms with Crippen molar-refractivity contribution in [3.63, 3.8) is 0 Å². The molecule has 0 saturated carbocycles. The van der Waals surface area contributed by atoms with Gasteiger partial charge < -0.3 is 4.90 Å². The summed E-state index contributed by atoms with van der Waals surface area (Å²) >= 11 is 0. The lowest BCUT2D eigenvalue weighted by molar-refractivity contribution is -0.142. The predicted molar refractivity (Wildman–Crippen MR) is 115 cm³/mol. The average molecular weight is 408 g/mol. The molecule has 6 heteroatoms. The van der Waals surface area contributed by atoms with Gasteiger partial charge in [-0.15, -0.1) is 0 Å². The van der Waals surface area contributed by atoms with Crippen LogP contribution in [0.5, 0.6) is 0 Å². The van der Waals surface area contributed by atoms with Crippen LogP contribution in [0.15, 0.2) is 54.7 Å². The summed E-state index contributed by atoms with van der Waals surface area (Å²) in [5.41, 5.74) is 0.409. The highest BCUT2D eigenvalue weighted by Gasteiger charge is 2.53. The monoisotopic (exact) mass is 407 g/mol. The van der Waals surface area contributed by atoms with Crippen LogP contribution in [0.4, 0.5) is 0 Å². The first-order valence-electron chi connectivity index (χ1n) is 10.5. The van der Waals surface area contributed by atoms with Gasteiger partial charge in [0.05, 0.1) is 5.41 Å². The number of imide groups is 1. The quantitative estimate of drug-likeness (QED) is 0.599. The summed E-state index contributed by atoms with van der Waals surface area (Å²) in [7, 11) is 1.76. The molecule has 1 saturated heterocycles. The van der Waals surface area contributed by atoms with Crippen LogP contribution in [-0.2, 0) is 26.2 Å². The van der Waals surface area contributed by atoms with Crippen molar-refractivity contribution in [1.82, 2.24) is 14.8 Å². The lowest BCUT2D eigenvalue weighted by Crippen LogP contribution is -2.43. The number of unbranched alkanes of at least 4 members (excludes halogenated alkanes) is 1. The molecule has 0 radical (unpaired) electrons. The van der Waals surface area contributed by atoms with Crippen LogP contribution < -0.4 is 0 Å². The van der Waals surface area contributed by atoms with E-state index < -0.39 is 5.41 Å². The van der Waals surface area contributed by atoms with Gasteiger partial charge in [-0.3, -0.25) is 24.3 Å². The molecule has 1 aromatic heterocycles. The molecule has 0 N–H and O–H groups in total. The summed E-state index contributed by atoms with van der Waals surface area (Å²) in [5.74, 6) is -0.629. The molecule has 0 aliphatic carbocycles. The van der Waals surface area contributed by atoms with Gasteiger partial charge in [-0.1, -0.05) is 49.7 Å². The van der Waals surface area contributed by atoms with Crippen LogP contribution in [0.2, 0.25) is 0 Å². The van der Waals surface area contributed by atoms with Gasteiger partial charge in [0, 0.05) is 51.3 Å². The van der Waals surface area contributed by atoms with Gasteiger partial charge in [-0.25, -0.2) is 0 Å². The number of pyridine rings is 1. The molecular weight excluding hydrogens is 378 g/mol. The molecule has 1 aromatic carbocycles. The van der Waals surface area contributed by atoms with Crippen LogP contribution in [-0.4, -0.2) is 52.6 Å². The normalized spacial score (nSPS) is 18.7. The van der Waals surface area contributed by atoms with Gasteiger partial charge in [-0.05, 0) is 24.1 Å². The third-order valence-corrected chi connectivity index (χ3v) is 5.78. The zero-order valence-electron chi connectivity index (χ0n) is 17.7. The standard InChI is InChI=1S/C24H29N3O3/c1-3-4-15-26(2)21(28)17-24(19-10-6-5-7-11-19)18-22(29)27(23(24)30)16-13-20-12-8-9-14-25-20/h5-12,14H,3-4,13,15-18H2,1-2H3. The van der Waals surface area contributed by atoms with Crippen molar-refractivity contribution in [2.75, 3.05) is 20.1 Å². The van der Waals surface area contributed by atoms with Gasteiger partial charge in [0.2, 0.25) is 17.7 Å². The first-order chi connectivity index (χ1) is 14.5. The molecule has 3 amide bonds. The Kier molecular flexibility index (Phi) is 6.98. The molecule has 158 valence electrons.